The molecule has 0 saturated carbocycles. The lowest BCUT2D eigenvalue weighted by molar-refractivity contribution is -0.139. The van der Waals surface area contributed by atoms with Gasteiger partial charge >= 0.3 is 6.18 Å². The Morgan fingerprint density at radius 2 is 2.00 bits per heavy atom. The van der Waals surface area contributed by atoms with Gasteiger partial charge in [-0.1, -0.05) is 0 Å². The van der Waals surface area contributed by atoms with Gasteiger partial charge in [0.05, 0.1) is 6.42 Å². The second-order valence-electron chi connectivity index (χ2n) is 3.88. The van der Waals surface area contributed by atoms with Crippen molar-refractivity contribution in [2.45, 2.75) is 38.5 Å². The van der Waals surface area contributed by atoms with Gasteiger partial charge in [-0.2, -0.15) is 13.2 Å². The zero-order chi connectivity index (χ0) is 10.8. The predicted octanol–water partition coefficient (Wildman–Crippen LogP) is 1.62. The summed E-state index contributed by atoms with van der Waals surface area (Å²) in [4.78, 5) is 1.90. The highest BCUT2D eigenvalue weighted by Crippen LogP contribution is 2.21. The summed E-state index contributed by atoms with van der Waals surface area (Å²) in [6.45, 7) is 5.58. The van der Waals surface area contributed by atoms with Crippen LogP contribution in [0.15, 0.2) is 0 Å². The van der Waals surface area contributed by atoms with Crippen molar-refractivity contribution in [2.75, 3.05) is 19.6 Å². The van der Waals surface area contributed by atoms with Crippen LogP contribution in [0.1, 0.15) is 20.3 Å². The zero-order valence-corrected chi connectivity index (χ0v) is 8.56. The van der Waals surface area contributed by atoms with Crippen molar-refractivity contribution in [3.63, 3.8) is 0 Å². The summed E-state index contributed by atoms with van der Waals surface area (Å²) in [5.74, 6) is 0. The first-order valence-electron chi connectivity index (χ1n) is 4.94. The first-order chi connectivity index (χ1) is 6.40. The van der Waals surface area contributed by atoms with Crippen molar-refractivity contribution in [3.05, 3.63) is 0 Å². The molecule has 0 aliphatic carbocycles. The molecule has 84 valence electrons. The fourth-order valence-corrected chi connectivity index (χ4v) is 1.71. The van der Waals surface area contributed by atoms with Gasteiger partial charge in [-0.05, 0) is 13.8 Å². The standard InChI is InChI=1S/C9H17F3N2/c1-7-8(2)14(6-4-13-7)5-3-9(10,11)12/h7-8,13H,3-6H2,1-2H3. The van der Waals surface area contributed by atoms with Gasteiger partial charge in [-0.3, -0.25) is 4.90 Å². The largest absolute Gasteiger partial charge is 0.390 e. The average molecular weight is 210 g/mol. The van der Waals surface area contributed by atoms with Gasteiger partial charge in [0.1, 0.15) is 0 Å². The van der Waals surface area contributed by atoms with Gasteiger partial charge in [0.2, 0.25) is 0 Å². The van der Waals surface area contributed by atoms with E-state index in [0.29, 0.717) is 6.54 Å². The second-order valence-corrected chi connectivity index (χ2v) is 3.88. The minimum Gasteiger partial charge on any atom is -0.311 e. The van der Waals surface area contributed by atoms with E-state index in [4.69, 9.17) is 0 Å². The Kier molecular flexibility index (Phi) is 3.78. The molecule has 0 aromatic carbocycles. The number of piperazine rings is 1. The smallest absolute Gasteiger partial charge is 0.311 e. The van der Waals surface area contributed by atoms with Crippen LogP contribution in [-0.4, -0.2) is 42.8 Å². The fourth-order valence-electron chi connectivity index (χ4n) is 1.71. The van der Waals surface area contributed by atoms with E-state index in [1.165, 1.54) is 0 Å². The van der Waals surface area contributed by atoms with E-state index in [1.807, 2.05) is 18.7 Å². The van der Waals surface area contributed by atoms with Gasteiger partial charge in [0.25, 0.3) is 0 Å². The number of nitrogens with one attached hydrogen (secondary N) is 1. The average Bonchev–Trinajstić information content (AvgIpc) is 2.06. The molecule has 1 aliphatic rings. The van der Waals surface area contributed by atoms with E-state index in [9.17, 15) is 13.2 Å². The van der Waals surface area contributed by atoms with Gasteiger partial charge in [0.15, 0.2) is 0 Å². The van der Waals surface area contributed by atoms with Crippen molar-refractivity contribution in [2.24, 2.45) is 0 Å². The third kappa shape index (κ3) is 3.46. The topological polar surface area (TPSA) is 15.3 Å². The lowest BCUT2D eigenvalue weighted by Gasteiger charge is -2.38. The SMILES string of the molecule is CC1NCCN(CCC(F)(F)F)C1C. The highest BCUT2D eigenvalue weighted by Gasteiger charge is 2.31. The Hall–Kier alpha value is -0.290. The number of rotatable bonds is 2. The Bertz CT molecular complexity index is 181. The van der Waals surface area contributed by atoms with E-state index in [-0.39, 0.29) is 18.6 Å². The molecule has 0 radical (unpaired) electrons. The molecule has 0 aromatic rings. The van der Waals surface area contributed by atoms with E-state index in [1.54, 1.807) is 0 Å². The molecule has 1 heterocycles. The summed E-state index contributed by atoms with van der Waals surface area (Å²) in [5.41, 5.74) is 0. The molecule has 0 aromatic heterocycles. The van der Waals surface area contributed by atoms with Gasteiger partial charge in [-0.25, -0.2) is 0 Å². The third-order valence-electron chi connectivity index (χ3n) is 2.85. The molecule has 0 bridgehead atoms. The zero-order valence-electron chi connectivity index (χ0n) is 8.56. The predicted molar refractivity (Wildman–Crippen MR) is 49.2 cm³/mol. The number of hydrogen-bond donors (Lipinski definition) is 1. The Morgan fingerprint density at radius 1 is 1.36 bits per heavy atom. The molecule has 5 heteroatoms. The molecule has 1 N–H and O–H groups in total. The van der Waals surface area contributed by atoms with Crippen LogP contribution in [0.2, 0.25) is 0 Å². The number of hydrogen-bond acceptors (Lipinski definition) is 2. The lowest BCUT2D eigenvalue weighted by Crippen LogP contribution is -2.55. The van der Waals surface area contributed by atoms with Crippen molar-refractivity contribution in [1.82, 2.24) is 10.2 Å². The third-order valence-corrected chi connectivity index (χ3v) is 2.85. The molecule has 2 nitrogen and oxygen atoms in total. The molecule has 1 aliphatic heterocycles. The second kappa shape index (κ2) is 4.49. The van der Waals surface area contributed by atoms with E-state index in [0.717, 1.165) is 6.54 Å². The molecule has 1 fully saturated rings. The summed E-state index contributed by atoms with van der Waals surface area (Å²) in [6.07, 6.45) is -4.74. The molecule has 0 spiro atoms. The molecule has 2 unspecified atom stereocenters. The van der Waals surface area contributed by atoms with Crippen LogP contribution in [0.3, 0.4) is 0 Å². The number of halogens is 3. The summed E-state index contributed by atoms with van der Waals surface area (Å²) in [7, 11) is 0. The van der Waals surface area contributed by atoms with Crippen LogP contribution in [0, 0.1) is 0 Å². The maximum Gasteiger partial charge on any atom is 0.390 e. The van der Waals surface area contributed by atoms with Crippen LogP contribution in [0.25, 0.3) is 0 Å². The Labute approximate surface area is 82.5 Å². The summed E-state index contributed by atoms with van der Waals surface area (Å²) >= 11 is 0. The number of alkyl halides is 3. The molecule has 2 atom stereocenters. The van der Waals surface area contributed by atoms with Crippen molar-refractivity contribution in [3.8, 4) is 0 Å². The highest BCUT2D eigenvalue weighted by molar-refractivity contribution is 4.83. The normalized spacial score (nSPS) is 30.6. The van der Waals surface area contributed by atoms with Crippen LogP contribution in [0.4, 0.5) is 13.2 Å². The molecule has 14 heavy (non-hydrogen) atoms. The monoisotopic (exact) mass is 210 g/mol. The van der Waals surface area contributed by atoms with Crippen LogP contribution in [-0.2, 0) is 0 Å². The highest BCUT2D eigenvalue weighted by atomic mass is 19.4. The van der Waals surface area contributed by atoms with Crippen molar-refractivity contribution in [1.29, 1.82) is 0 Å². The molecule has 0 amide bonds. The van der Waals surface area contributed by atoms with E-state index < -0.39 is 12.6 Å². The first kappa shape index (κ1) is 11.8. The van der Waals surface area contributed by atoms with Crippen LogP contribution < -0.4 is 5.32 Å². The quantitative estimate of drug-likeness (QED) is 0.745. The maximum absolute atomic E-state index is 12.0. The van der Waals surface area contributed by atoms with Crippen molar-refractivity contribution >= 4 is 0 Å². The summed E-state index contributed by atoms with van der Waals surface area (Å²) in [6, 6.07) is 0.461. The van der Waals surface area contributed by atoms with E-state index in [2.05, 4.69) is 5.32 Å². The minimum atomic E-state index is -4.03. The fraction of sp³-hybridized carbons (Fsp3) is 1.00. The van der Waals surface area contributed by atoms with Crippen molar-refractivity contribution < 1.29 is 13.2 Å². The van der Waals surface area contributed by atoms with E-state index >= 15 is 0 Å². The first-order valence-corrected chi connectivity index (χ1v) is 4.94. The van der Waals surface area contributed by atoms with Crippen LogP contribution in [0.5, 0.6) is 0 Å². The minimum absolute atomic E-state index is 0.122. The van der Waals surface area contributed by atoms with Crippen LogP contribution >= 0.6 is 0 Å². The molecular formula is C9H17F3N2. The molecular weight excluding hydrogens is 193 g/mol. The molecule has 1 rings (SSSR count). The summed E-state index contributed by atoms with van der Waals surface area (Å²) < 4.78 is 36.0. The van der Waals surface area contributed by atoms with Gasteiger partial charge in [0, 0.05) is 31.7 Å². The maximum atomic E-state index is 12.0. The Morgan fingerprint density at radius 3 is 2.57 bits per heavy atom. The molecule has 1 saturated heterocycles. The van der Waals surface area contributed by atoms with Gasteiger partial charge in [-0.15, -0.1) is 0 Å². The summed E-state index contributed by atoms with van der Waals surface area (Å²) in [5, 5.41) is 3.24. The Balaban J connectivity index is 2.36. The lowest BCUT2D eigenvalue weighted by atomic mass is 10.1. The van der Waals surface area contributed by atoms with Gasteiger partial charge < -0.3 is 5.32 Å². The number of nitrogens with zero attached hydrogens (tertiary/aromatic N) is 1.